The molecule has 6 nitrogen and oxygen atoms in total. The number of aryl methyl sites for hydroxylation is 1. The van der Waals surface area contributed by atoms with Crippen LogP contribution in [0.25, 0.3) is 0 Å². The SMILES string of the molecule is Cc1ccc(OCc2nc(C(=O)N(C)CC(=O)Nc3ccc(Cl)c(C(F)(F)F)c3)cs2)cc1. The largest absolute Gasteiger partial charge is 0.486 e. The van der Waals surface area contributed by atoms with Gasteiger partial charge in [-0.05, 0) is 37.3 Å². The van der Waals surface area contributed by atoms with Crippen LogP contribution in [0.4, 0.5) is 18.9 Å². The van der Waals surface area contributed by atoms with Crippen LogP contribution < -0.4 is 10.1 Å². The van der Waals surface area contributed by atoms with Crippen molar-refractivity contribution in [3.63, 3.8) is 0 Å². The van der Waals surface area contributed by atoms with Crippen LogP contribution in [0.15, 0.2) is 47.8 Å². The van der Waals surface area contributed by atoms with Gasteiger partial charge in [0.2, 0.25) is 5.91 Å². The van der Waals surface area contributed by atoms with E-state index in [0.717, 1.165) is 22.6 Å². The predicted octanol–water partition coefficient (Wildman–Crippen LogP) is 5.41. The summed E-state index contributed by atoms with van der Waals surface area (Å²) in [5, 5.41) is 4.00. The maximum absolute atomic E-state index is 13.0. The number of alkyl halides is 3. The summed E-state index contributed by atoms with van der Waals surface area (Å²) in [5.41, 5.74) is 0.105. The van der Waals surface area contributed by atoms with Crippen LogP contribution >= 0.6 is 22.9 Å². The molecule has 0 aliphatic carbocycles. The second-order valence-corrected chi connectivity index (χ2v) is 8.48. The Balaban J connectivity index is 1.56. The molecule has 3 rings (SSSR count). The van der Waals surface area contributed by atoms with E-state index in [0.29, 0.717) is 10.8 Å². The molecular weight excluding hydrogens is 479 g/mol. The van der Waals surface area contributed by atoms with Crippen LogP contribution in [-0.4, -0.2) is 35.3 Å². The van der Waals surface area contributed by atoms with E-state index in [1.807, 2.05) is 31.2 Å². The van der Waals surface area contributed by atoms with Crippen molar-refractivity contribution in [1.29, 1.82) is 0 Å². The molecule has 0 radical (unpaired) electrons. The third-order valence-electron chi connectivity index (χ3n) is 4.44. The molecule has 0 spiro atoms. The van der Waals surface area contributed by atoms with Gasteiger partial charge in [0.25, 0.3) is 5.91 Å². The minimum absolute atomic E-state index is 0.0817. The highest BCUT2D eigenvalue weighted by Gasteiger charge is 2.33. The lowest BCUT2D eigenvalue weighted by atomic mass is 10.2. The van der Waals surface area contributed by atoms with Crippen LogP contribution in [-0.2, 0) is 17.6 Å². The summed E-state index contributed by atoms with van der Waals surface area (Å²) in [6, 6.07) is 10.5. The molecule has 0 saturated heterocycles. The van der Waals surface area contributed by atoms with Gasteiger partial charge in [-0.2, -0.15) is 13.2 Å². The van der Waals surface area contributed by atoms with Crippen LogP contribution in [0, 0.1) is 6.92 Å². The first-order chi connectivity index (χ1) is 15.5. The standard InChI is InChI=1S/C22H19ClF3N3O3S/c1-13-3-6-15(7-4-13)32-11-20-28-18(12-33-20)21(31)29(2)10-19(30)27-14-5-8-17(23)16(9-14)22(24,25)26/h3-9,12H,10-11H2,1-2H3,(H,27,30). The van der Waals surface area contributed by atoms with Gasteiger partial charge >= 0.3 is 6.18 Å². The quantitative estimate of drug-likeness (QED) is 0.473. The molecule has 0 atom stereocenters. The lowest BCUT2D eigenvalue weighted by molar-refractivity contribution is -0.137. The van der Waals surface area contributed by atoms with Crippen molar-refractivity contribution in [2.45, 2.75) is 19.7 Å². The molecular formula is C22H19ClF3N3O3S. The molecule has 11 heteroatoms. The van der Waals surface area contributed by atoms with E-state index in [-0.39, 0.29) is 24.5 Å². The summed E-state index contributed by atoms with van der Waals surface area (Å²) in [6.07, 6.45) is -4.66. The maximum Gasteiger partial charge on any atom is 0.417 e. The highest BCUT2D eigenvalue weighted by molar-refractivity contribution is 7.09. The average molecular weight is 498 g/mol. The molecule has 1 N–H and O–H groups in total. The zero-order valence-corrected chi connectivity index (χ0v) is 19.1. The Hall–Kier alpha value is -3.11. The van der Waals surface area contributed by atoms with Crippen molar-refractivity contribution >= 4 is 40.4 Å². The van der Waals surface area contributed by atoms with Crippen molar-refractivity contribution in [2.75, 3.05) is 18.9 Å². The van der Waals surface area contributed by atoms with E-state index >= 15 is 0 Å². The molecule has 0 aliphatic rings. The highest BCUT2D eigenvalue weighted by Crippen LogP contribution is 2.36. The number of carbonyl (C=O) groups excluding carboxylic acids is 2. The summed E-state index contributed by atoms with van der Waals surface area (Å²) >= 11 is 6.82. The molecule has 0 fully saturated rings. The molecule has 0 bridgehead atoms. The van der Waals surface area contributed by atoms with E-state index in [4.69, 9.17) is 16.3 Å². The number of hydrogen-bond donors (Lipinski definition) is 1. The number of aromatic nitrogens is 1. The van der Waals surface area contributed by atoms with Gasteiger partial charge in [0.05, 0.1) is 17.1 Å². The number of carbonyl (C=O) groups is 2. The first-order valence-electron chi connectivity index (χ1n) is 9.59. The second-order valence-electron chi connectivity index (χ2n) is 7.13. The molecule has 33 heavy (non-hydrogen) atoms. The molecule has 1 aromatic heterocycles. The third-order valence-corrected chi connectivity index (χ3v) is 5.59. The number of benzene rings is 2. The molecule has 2 amide bonds. The number of rotatable bonds is 7. The lowest BCUT2D eigenvalue weighted by Crippen LogP contribution is -2.35. The van der Waals surface area contributed by atoms with Crippen LogP contribution in [0.1, 0.15) is 26.6 Å². The molecule has 0 saturated carbocycles. The number of halogens is 4. The van der Waals surface area contributed by atoms with Gasteiger partial charge < -0.3 is 15.0 Å². The molecule has 3 aromatic rings. The van der Waals surface area contributed by atoms with Gasteiger partial charge in [0.15, 0.2) is 0 Å². The Kier molecular flexibility index (Phi) is 7.60. The van der Waals surface area contributed by atoms with E-state index in [2.05, 4.69) is 10.3 Å². The zero-order chi connectivity index (χ0) is 24.2. The highest BCUT2D eigenvalue weighted by atomic mass is 35.5. The molecule has 1 heterocycles. The smallest absolute Gasteiger partial charge is 0.417 e. The number of anilines is 1. The molecule has 0 unspecified atom stereocenters. The van der Waals surface area contributed by atoms with Crippen LogP contribution in [0.2, 0.25) is 5.02 Å². The number of amides is 2. The van der Waals surface area contributed by atoms with Gasteiger partial charge in [-0.3, -0.25) is 9.59 Å². The Morgan fingerprint density at radius 1 is 1.18 bits per heavy atom. The Morgan fingerprint density at radius 2 is 1.88 bits per heavy atom. The van der Waals surface area contributed by atoms with Crippen LogP contribution in [0.5, 0.6) is 5.75 Å². The van der Waals surface area contributed by atoms with E-state index in [1.165, 1.54) is 24.5 Å². The number of ether oxygens (including phenoxy) is 1. The molecule has 2 aromatic carbocycles. The van der Waals surface area contributed by atoms with E-state index in [1.54, 1.807) is 5.38 Å². The Labute approximate surface area is 197 Å². The van der Waals surface area contributed by atoms with Crippen molar-refractivity contribution < 1.29 is 27.5 Å². The predicted molar refractivity (Wildman–Crippen MR) is 120 cm³/mol. The number of likely N-dealkylation sites (N-methyl/N-ethyl adjacent to an activating group) is 1. The van der Waals surface area contributed by atoms with E-state index in [9.17, 15) is 22.8 Å². The summed E-state index contributed by atoms with van der Waals surface area (Å²) < 4.78 is 44.6. The average Bonchev–Trinajstić information content (AvgIpc) is 3.22. The molecule has 174 valence electrons. The third kappa shape index (κ3) is 6.69. The lowest BCUT2D eigenvalue weighted by Gasteiger charge is -2.16. The van der Waals surface area contributed by atoms with Gasteiger partial charge in [-0.25, -0.2) is 4.98 Å². The second kappa shape index (κ2) is 10.2. The fourth-order valence-corrected chi connectivity index (χ4v) is 3.66. The van der Waals surface area contributed by atoms with Gasteiger partial charge in [0.1, 0.15) is 23.1 Å². The minimum Gasteiger partial charge on any atom is -0.486 e. The van der Waals surface area contributed by atoms with Crippen molar-refractivity contribution in [2.24, 2.45) is 0 Å². The van der Waals surface area contributed by atoms with Crippen molar-refractivity contribution in [3.05, 3.63) is 74.7 Å². The fourth-order valence-electron chi connectivity index (χ4n) is 2.76. The van der Waals surface area contributed by atoms with Crippen molar-refractivity contribution in [1.82, 2.24) is 9.88 Å². The molecule has 0 aliphatic heterocycles. The maximum atomic E-state index is 13.0. The number of hydrogen-bond acceptors (Lipinski definition) is 5. The summed E-state index contributed by atoms with van der Waals surface area (Å²) in [6.45, 7) is 1.77. The fraction of sp³-hybridized carbons (Fsp3) is 0.227. The number of nitrogens with zero attached hydrogens (tertiary/aromatic N) is 2. The summed E-state index contributed by atoms with van der Waals surface area (Å²) in [7, 11) is 1.40. The Morgan fingerprint density at radius 3 is 2.55 bits per heavy atom. The number of thiazole rings is 1. The first-order valence-corrected chi connectivity index (χ1v) is 10.8. The zero-order valence-electron chi connectivity index (χ0n) is 17.6. The van der Waals surface area contributed by atoms with Crippen LogP contribution in [0.3, 0.4) is 0 Å². The monoisotopic (exact) mass is 497 g/mol. The summed E-state index contributed by atoms with van der Waals surface area (Å²) in [4.78, 5) is 30.2. The van der Waals surface area contributed by atoms with Gasteiger partial charge in [0, 0.05) is 18.1 Å². The van der Waals surface area contributed by atoms with Gasteiger partial charge in [-0.1, -0.05) is 29.3 Å². The Bertz CT molecular complexity index is 1150. The van der Waals surface area contributed by atoms with E-state index < -0.39 is 28.6 Å². The first kappa shape index (κ1) is 24.5. The van der Waals surface area contributed by atoms with Crippen molar-refractivity contribution in [3.8, 4) is 5.75 Å². The normalized spacial score (nSPS) is 11.2. The topological polar surface area (TPSA) is 71.5 Å². The number of nitrogens with one attached hydrogen (secondary N) is 1. The minimum atomic E-state index is -4.66. The van der Waals surface area contributed by atoms with Gasteiger partial charge in [-0.15, -0.1) is 11.3 Å². The summed E-state index contributed by atoms with van der Waals surface area (Å²) in [5.74, 6) is -0.497.